The first-order valence-corrected chi connectivity index (χ1v) is 8.09. The number of primary amides is 1. The number of nitrogens with two attached hydrogens (primary N) is 1. The number of fused-ring (bicyclic) bond motifs is 1. The lowest BCUT2D eigenvalue weighted by molar-refractivity contribution is -0.120. The number of anilines is 1. The fourth-order valence-corrected chi connectivity index (χ4v) is 2.63. The molecule has 1 aliphatic heterocycles. The van der Waals surface area contributed by atoms with Gasteiger partial charge in [-0.2, -0.15) is 5.10 Å². The quantitative estimate of drug-likeness (QED) is 0.615. The van der Waals surface area contributed by atoms with Crippen LogP contribution in [0.15, 0.2) is 52.7 Å². The van der Waals surface area contributed by atoms with Crippen LogP contribution < -0.4 is 20.1 Å². The second-order valence-electron chi connectivity index (χ2n) is 5.74. The van der Waals surface area contributed by atoms with Gasteiger partial charge >= 0.3 is 0 Å². The molecule has 0 unspecified atom stereocenters. The van der Waals surface area contributed by atoms with Crippen molar-refractivity contribution < 1.29 is 19.1 Å². The molecule has 2 amide bonds. The Kier molecular flexibility index (Phi) is 5.16. The highest BCUT2D eigenvalue weighted by Crippen LogP contribution is 2.28. The molecule has 0 atom stereocenters. The van der Waals surface area contributed by atoms with Crippen molar-refractivity contribution in [3.8, 4) is 11.5 Å². The molecule has 0 saturated carbocycles. The van der Waals surface area contributed by atoms with Gasteiger partial charge in [0, 0.05) is 12.6 Å². The molecule has 2 N–H and O–H groups in total. The maximum atomic E-state index is 12.3. The molecule has 3 rings (SSSR count). The van der Waals surface area contributed by atoms with Gasteiger partial charge in [0.05, 0.1) is 19.0 Å². The van der Waals surface area contributed by atoms with Crippen LogP contribution in [0.1, 0.15) is 11.1 Å². The third-order valence-electron chi connectivity index (χ3n) is 3.95. The number of amides is 2. The smallest absolute Gasteiger partial charge is 0.279 e. The number of carbonyl (C=O) groups excluding carboxylic acids is 2. The molecule has 8 heteroatoms. The Hall–Kier alpha value is -3.68. The minimum atomic E-state index is -0.579. The van der Waals surface area contributed by atoms with E-state index in [9.17, 15) is 9.59 Å². The number of likely N-dealkylation sites (N-methyl/N-ethyl adjacent to an activating group) is 1. The van der Waals surface area contributed by atoms with Crippen LogP contribution in [0, 0.1) is 0 Å². The van der Waals surface area contributed by atoms with Crippen molar-refractivity contribution in [2.45, 2.75) is 0 Å². The number of methoxy groups -OCH3 is 1. The normalized spacial score (nSPS) is 14.7. The van der Waals surface area contributed by atoms with Crippen molar-refractivity contribution in [2.24, 2.45) is 15.9 Å². The first-order valence-electron chi connectivity index (χ1n) is 8.09. The number of nitrogens with zero attached hydrogens (tertiary/aromatic N) is 3. The fourth-order valence-electron chi connectivity index (χ4n) is 2.63. The van der Waals surface area contributed by atoms with Gasteiger partial charge in [0.2, 0.25) is 0 Å². The summed E-state index contributed by atoms with van der Waals surface area (Å²) in [4.78, 5) is 24.7. The lowest BCUT2D eigenvalue weighted by Crippen LogP contribution is -2.25. The highest BCUT2D eigenvalue weighted by atomic mass is 16.5. The molecule has 0 aromatic heterocycles. The van der Waals surface area contributed by atoms with Crippen molar-refractivity contribution >= 4 is 29.4 Å². The Morgan fingerprint density at radius 1 is 1.22 bits per heavy atom. The maximum Gasteiger partial charge on any atom is 0.279 e. The molecule has 27 heavy (non-hydrogen) atoms. The summed E-state index contributed by atoms with van der Waals surface area (Å²) in [5.74, 6) is 0.0299. The Bertz CT molecular complexity index is 952. The van der Waals surface area contributed by atoms with Crippen LogP contribution in [0.25, 0.3) is 0 Å². The number of ether oxygens (including phenoxy) is 2. The van der Waals surface area contributed by atoms with E-state index in [2.05, 4.69) is 10.2 Å². The third-order valence-corrected chi connectivity index (χ3v) is 3.95. The monoisotopic (exact) mass is 366 g/mol. The summed E-state index contributed by atoms with van der Waals surface area (Å²) in [6.45, 7) is -0.244. The van der Waals surface area contributed by atoms with Gasteiger partial charge in [0.25, 0.3) is 11.8 Å². The van der Waals surface area contributed by atoms with Crippen LogP contribution in [-0.2, 0) is 9.59 Å². The molecule has 0 bridgehead atoms. The van der Waals surface area contributed by atoms with Crippen molar-refractivity contribution in [3.63, 3.8) is 0 Å². The van der Waals surface area contributed by atoms with Gasteiger partial charge in [-0.25, -0.2) is 0 Å². The zero-order chi connectivity index (χ0) is 19.4. The second-order valence-corrected chi connectivity index (χ2v) is 5.74. The number of hydrogen-bond acceptors (Lipinski definition) is 6. The largest absolute Gasteiger partial charge is 0.493 e. The van der Waals surface area contributed by atoms with Gasteiger partial charge in [0.15, 0.2) is 23.8 Å². The number of rotatable bonds is 6. The molecule has 1 aliphatic rings. The van der Waals surface area contributed by atoms with Crippen molar-refractivity contribution in [2.75, 3.05) is 25.7 Å². The van der Waals surface area contributed by atoms with Gasteiger partial charge < -0.3 is 20.1 Å². The van der Waals surface area contributed by atoms with E-state index in [0.717, 1.165) is 11.3 Å². The fraction of sp³-hybridized carbons (Fsp3) is 0.158. The third kappa shape index (κ3) is 3.79. The van der Waals surface area contributed by atoms with E-state index in [0.29, 0.717) is 17.1 Å². The van der Waals surface area contributed by atoms with E-state index in [-0.39, 0.29) is 18.2 Å². The van der Waals surface area contributed by atoms with Crippen molar-refractivity contribution in [1.82, 2.24) is 0 Å². The summed E-state index contributed by atoms with van der Waals surface area (Å²) in [5.41, 5.74) is 7.60. The van der Waals surface area contributed by atoms with Gasteiger partial charge in [-0.1, -0.05) is 18.2 Å². The van der Waals surface area contributed by atoms with Gasteiger partial charge in [-0.3, -0.25) is 9.59 Å². The van der Waals surface area contributed by atoms with Crippen LogP contribution in [0.4, 0.5) is 5.69 Å². The predicted octanol–water partition coefficient (Wildman–Crippen LogP) is 1.36. The van der Waals surface area contributed by atoms with Crippen molar-refractivity contribution in [1.29, 1.82) is 0 Å². The minimum Gasteiger partial charge on any atom is -0.493 e. The first kappa shape index (κ1) is 18.1. The van der Waals surface area contributed by atoms with Crippen LogP contribution in [-0.4, -0.2) is 44.5 Å². The van der Waals surface area contributed by atoms with E-state index < -0.39 is 5.91 Å². The SMILES string of the molecule is COc1cc(/C=N\N=C2/C(=O)N(C)c3ccccc32)ccc1OCC(N)=O. The molecule has 0 aliphatic carbocycles. The predicted molar refractivity (Wildman–Crippen MR) is 102 cm³/mol. The number of carbonyl (C=O) groups is 2. The second kappa shape index (κ2) is 7.69. The highest BCUT2D eigenvalue weighted by Gasteiger charge is 2.30. The summed E-state index contributed by atoms with van der Waals surface area (Å²) in [5, 5.41) is 8.12. The molecule has 0 spiro atoms. The van der Waals surface area contributed by atoms with E-state index >= 15 is 0 Å². The molecule has 8 nitrogen and oxygen atoms in total. The molecule has 1 heterocycles. The minimum absolute atomic E-state index is 0.207. The van der Waals surface area contributed by atoms with Crippen LogP contribution >= 0.6 is 0 Å². The Morgan fingerprint density at radius 2 is 2.00 bits per heavy atom. The standard InChI is InChI=1S/C19H18N4O4/c1-23-14-6-4-3-5-13(14)18(19(23)25)22-21-10-12-7-8-15(16(9-12)26-2)27-11-17(20)24/h3-10H,11H2,1-2H3,(H2,20,24)/b21-10-,22-18-. The summed E-state index contributed by atoms with van der Waals surface area (Å²) in [6, 6.07) is 12.4. The average Bonchev–Trinajstić information content (AvgIpc) is 2.91. The summed E-state index contributed by atoms with van der Waals surface area (Å²) in [7, 11) is 3.18. The van der Waals surface area contributed by atoms with Crippen LogP contribution in [0.5, 0.6) is 11.5 Å². The molecule has 138 valence electrons. The van der Waals surface area contributed by atoms with Gasteiger partial charge in [-0.05, 0) is 29.8 Å². The van der Waals surface area contributed by atoms with Crippen LogP contribution in [0.2, 0.25) is 0 Å². The Labute approximate surface area is 155 Å². The molecule has 0 radical (unpaired) electrons. The van der Waals surface area contributed by atoms with Gasteiger partial charge in [0.1, 0.15) is 0 Å². The molecular weight excluding hydrogens is 348 g/mol. The molecule has 2 aromatic rings. The van der Waals surface area contributed by atoms with Crippen LogP contribution in [0.3, 0.4) is 0 Å². The Balaban J connectivity index is 1.81. The zero-order valence-electron chi connectivity index (χ0n) is 14.9. The topological polar surface area (TPSA) is 107 Å². The lowest BCUT2D eigenvalue weighted by Gasteiger charge is -2.09. The summed E-state index contributed by atoms with van der Waals surface area (Å²) < 4.78 is 10.5. The highest BCUT2D eigenvalue weighted by molar-refractivity contribution is 6.54. The Morgan fingerprint density at radius 3 is 2.74 bits per heavy atom. The van der Waals surface area contributed by atoms with E-state index in [1.165, 1.54) is 18.2 Å². The van der Waals surface area contributed by atoms with Gasteiger partial charge in [-0.15, -0.1) is 5.10 Å². The molecule has 0 saturated heterocycles. The van der Waals surface area contributed by atoms with E-state index in [1.807, 2.05) is 24.3 Å². The van der Waals surface area contributed by atoms with Crippen molar-refractivity contribution in [3.05, 3.63) is 53.6 Å². The summed E-state index contributed by atoms with van der Waals surface area (Å²) >= 11 is 0. The average molecular weight is 366 g/mol. The zero-order valence-corrected chi connectivity index (χ0v) is 14.9. The molecular formula is C19H18N4O4. The number of benzene rings is 2. The number of hydrogen-bond donors (Lipinski definition) is 1. The molecule has 0 fully saturated rings. The number of para-hydroxylation sites is 1. The first-order chi connectivity index (χ1) is 13.0. The molecule has 2 aromatic carbocycles. The lowest BCUT2D eigenvalue weighted by atomic mass is 10.1. The van der Waals surface area contributed by atoms with E-state index in [1.54, 1.807) is 25.2 Å². The van der Waals surface area contributed by atoms with E-state index in [4.69, 9.17) is 15.2 Å². The summed E-state index contributed by atoms with van der Waals surface area (Å²) in [6.07, 6.45) is 1.50. The maximum absolute atomic E-state index is 12.3.